The Bertz CT molecular complexity index is 998. The number of hydrogen-bond donors (Lipinski definition) is 1. The molecule has 0 aliphatic rings. The zero-order chi connectivity index (χ0) is 21.6. The van der Waals surface area contributed by atoms with E-state index in [0.29, 0.717) is 28.4 Å². The highest BCUT2D eigenvalue weighted by atomic mass is 16.6. The number of rotatable bonds is 7. The van der Waals surface area contributed by atoms with Crippen LogP contribution in [0.1, 0.15) is 11.1 Å². The number of ether oxygens (including phenoxy) is 3. The summed E-state index contributed by atoms with van der Waals surface area (Å²) < 4.78 is 15.7. The maximum absolute atomic E-state index is 12.5. The Labute approximate surface area is 167 Å². The van der Waals surface area contributed by atoms with E-state index in [0.717, 1.165) is 0 Å². The lowest BCUT2D eigenvalue weighted by molar-refractivity contribution is -0.384. The molecule has 2 rings (SSSR count). The average Bonchev–Trinajstić information content (AvgIpc) is 2.71. The molecule has 1 amide bonds. The van der Waals surface area contributed by atoms with Gasteiger partial charge in [0.15, 0.2) is 11.5 Å². The Morgan fingerprint density at radius 3 is 2.24 bits per heavy atom. The second kappa shape index (κ2) is 9.23. The fraction of sp³-hybridized carbons (Fsp3) is 0.200. The van der Waals surface area contributed by atoms with Crippen molar-refractivity contribution < 1.29 is 23.9 Å². The van der Waals surface area contributed by atoms with Gasteiger partial charge in [-0.15, -0.1) is 0 Å². The van der Waals surface area contributed by atoms with Crippen LogP contribution in [0.15, 0.2) is 35.9 Å². The smallest absolute Gasteiger partial charge is 0.293 e. The van der Waals surface area contributed by atoms with Crippen molar-refractivity contribution in [1.82, 2.24) is 0 Å². The number of nitro benzene ring substituents is 1. The van der Waals surface area contributed by atoms with E-state index in [9.17, 15) is 20.2 Å². The van der Waals surface area contributed by atoms with Gasteiger partial charge in [0.1, 0.15) is 17.3 Å². The van der Waals surface area contributed by atoms with Gasteiger partial charge in [-0.25, -0.2) is 0 Å². The van der Waals surface area contributed by atoms with Crippen LogP contribution < -0.4 is 19.5 Å². The molecule has 0 aliphatic carbocycles. The lowest BCUT2D eigenvalue weighted by Gasteiger charge is -2.13. The molecule has 2 aromatic rings. The number of nitro groups is 1. The molecule has 0 fully saturated rings. The Hall–Kier alpha value is -4.06. The van der Waals surface area contributed by atoms with E-state index >= 15 is 0 Å². The summed E-state index contributed by atoms with van der Waals surface area (Å²) in [5.74, 6) is 0.286. The maximum Gasteiger partial charge on any atom is 0.293 e. The third-order valence-corrected chi connectivity index (χ3v) is 3.96. The van der Waals surface area contributed by atoms with Crippen LogP contribution >= 0.6 is 0 Å². The van der Waals surface area contributed by atoms with Crippen molar-refractivity contribution in [2.75, 3.05) is 26.6 Å². The molecule has 9 nitrogen and oxygen atoms in total. The molecule has 0 atom stereocenters. The molecule has 29 heavy (non-hydrogen) atoms. The molecule has 0 saturated carbocycles. The number of nitrogens with zero attached hydrogens (tertiary/aromatic N) is 2. The van der Waals surface area contributed by atoms with Gasteiger partial charge in [0.2, 0.25) is 5.75 Å². The van der Waals surface area contributed by atoms with E-state index in [4.69, 9.17) is 14.2 Å². The number of benzene rings is 2. The van der Waals surface area contributed by atoms with Crippen molar-refractivity contribution in [2.45, 2.75) is 6.92 Å². The molecule has 0 aliphatic heterocycles. The number of nitrogens with one attached hydrogen (secondary N) is 1. The van der Waals surface area contributed by atoms with Gasteiger partial charge in [-0.1, -0.05) is 6.07 Å². The lowest BCUT2D eigenvalue weighted by Crippen LogP contribution is -2.14. The van der Waals surface area contributed by atoms with Crippen LogP contribution in [-0.4, -0.2) is 32.2 Å². The Morgan fingerprint density at radius 2 is 1.76 bits per heavy atom. The van der Waals surface area contributed by atoms with E-state index in [1.54, 1.807) is 31.2 Å². The normalized spacial score (nSPS) is 10.7. The average molecular weight is 397 g/mol. The highest BCUT2D eigenvalue weighted by molar-refractivity contribution is 6.10. The Morgan fingerprint density at radius 1 is 1.14 bits per heavy atom. The van der Waals surface area contributed by atoms with E-state index in [1.807, 2.05) is 0 Å². The van der Waals surface area contributed by atoms with Crippen LogP contribution in [0, 0.1) is 28.4 Å². The van der Waals surface area contributed by atoms with Gasteiger partial charge in [-0.3, -0.25) is 14.9 Å². The first-order valence-electron chi connectivity index (χ1n) is 8.32. The van der Waals surface area contributed by atoms with Crippen LogP contribution in [0.2, 0.25) is 0 Å². The summed E-state index contributed by atoms with van der Waals surface area (Å²) >= 11 is 0. The monoisotopic (exact) mass is 397 g/mol. The highest BCUT2D eigenvalue weighted by Crippen LogP contribution is 2.38. The van der Waals surface area contributed by atoms with E-state index in [-0.39, 0.29) is 16.9 Å². The lowest BCUT2D eigenvalue weighted by atomic mass is 10.1. The van der Waals surface area contributed by atoms with Crippen LogP contribution in [0.4, 0.5) is 11.4 Å². The number of carbonyl (C=O) groups excluding carboxylic acids is 1. The standard InChI is InChI=1S/C20H19N3O6/c1-12-5-6-15(16(7-12)23(25)26)22-20(24)14(11-21)8-13-9-17(27-2)19(29-4)18(10-13)28-3/h5-10H,1-4H3,(H,22,24). The summed E-state index contributed by atoms with van der Waals surface area (Å²) in [4.78, 5) is 23.2. The molecule has 1 N–H and O–H groups in total. The van der Waals surface area contributed by atoms with Crippen molar-refractivity contribution in [3.8, 4) is 23.3 Å². The van der Waals surface area contributed by atoms with Gasteiger partial charge >= 0.3 is 0 Å². The van der Waals surface area contributed by atoms with Gasteiger partial charge < -0.3 is 19.5 Å². The Kier molecular flexibility index (Phi) is 6.76. The summed E-state index contributed by atoms with van der Waals surface area (Å²) in [5, 5.41) is 23.0. The fourth-order valence-corrected chi connectivity index (χ4v) is 2.59. The quantitative estimate of drug-likeness (QED) is 0.328. The van der Waals surface area contributed by atoms with Crippen LogP contribution in [-0.2, 0) is 4.79 Å². The molecule has 150 valence electrons. The molecule has 0 saturated heterocycles. The zero-order valence-corrected chi connectivity index (χ0v) is 16.3. The summed E-state index contributed by atoms with van der Waals surface area (Å²) in [6, 6.07) is 9.32. The number of aryl methyl sites for hydroxylation is 1. The molecule has 0 bridgehead atoms. The number of hydrogen-bond acceptors (Lipinski definition) is 7. The third kappa shape index (κ3) is 4.81. The van der Waals surface area contributed by atoms with Gasteiger partial charge in [0.25, 0.3) is 11.6 Å². The van der Waals surface area contributed by atoms with Crippen molar-refractivity contribution in [3.05, 3.63) is 57.1 Å². The van der Waals surface area contributed by atoms with E-state index in [1.165, 1.54) is 39.5 Å². The molecule has 0 aromatic heterocycles. The largest absolute Gasteiger partial charge is 0.493 e. The number of methoxy groups -OCH3 is 3. The van der Waals surface area contributed by atoms with Crippen LogP contribution in [0.5, 0.6) is 17.2 Å². The molecule has 0 spiro atoms. The van der Waals surface area contributed by atoms with Crippen molar-refractivity contribution in [3.63, 3.8) is 0 Å². The van der Waals surface area contributed by atoms with Gasteiger partial charge in [0.05, 0.1) is 26.3 Å². The topological polar surface area (TPSA) is 124 Å². The fourth-order valence-electron chi connectivity index (χ4n) is 2.59. The third-order valence-electron chi connectivity index (χ3n) is 3.96. The first-order valence-corrected chi connectivity index (χ1v) is 8.32. The number of amides is 1. The molecule has 2 aromatic carbocycles. The second-order valence-corrected chi connectivity index (χ2v) is 5.86. The summed E-state index contributed by atoms with van der Waals surface area (Å²) in [6.07, 6.45) is 1.32. The first-order chi connectivity index (χ1) is 13.8. The van der Waals surface area contributed by atoms with Gasteiger partial charge in [-0.2, -0.15) is 5.26 Å². The Balaban J connectivity index is 2.42. The first kappa shape index (κ1) is 21.2. The van der Waals surface area contributed by atoms with Crippen molar-refractivity contribution in [1.29, 1.82) is 5.26 Å². The number of carbonyl (C=O) groups is 1. The SMILES string of the molecule is COc1cc(C=C(C#N)C(=O)Nc2ccc(C)cc2[N+](=O)[O-])cc(OC)c1OC. The van der Waals surface area contributed by atoms with Gasteiger partial charge in [-0.05, 0) is 42.3 Å². The number of anilines is 1. The molecular formula is C20H19N3O6. The number of nitriles is 1. The van der Waals surface area contributed by atoms with Crippen LogP contribution in [0.25, 0.3) is 6.08 Å². The molecule has 0 unspecified atom stereocenters. The minimum atomic E-state index is -0.784. The van der Waals surface area contributed by atoms with Crippen molar-refractivity contribution >= 4 is 23.4 Å². The molecular weight excluding hydrogens is 378 g/mol. The summed E-state index contributed by atoms with van der Waals surface area (Å²) in [5.41, 5.74) is 0.599. The van der Waals surface area contributed by atoms with E-state index in [2.05, 4.69) is 5.32 Å². The minimum Gasteiger partial charge on any atom is -0.493 e. The summed E-state index contributed by atoms with van der Waals surface area (Å²) in [7, 11) is 4.34. The zero-order valence-electron chi connectivity index (χ0n) is 16.3. The summed E-state index contributed by atoms with van der Waals surface area (Å²) in [6.45, 7) is 1.70. The van der Waals surface area contributed by atoms with Gasteiger partial charge in [0, 0.05) is 6.07 Å². The van der Waals surface area contributed by atoms with E-state index < -0.39 is 10.8 Å². The van der Waals surface area contributed by atoms with Crippen LogP contribution in [0.3, 0.4) is 0 Å². The molecule has 9 heteroatoms. The molecule has 0 heterocycles. The highest BCUT2D eigenvalue weighted by Gasteiger charge is 2.19. The molecule has 0 radical (unpaired) electrons. The maximum atomic E-state index is 12.5. The predicted octanol–water partition coefficient (Wildman–Crippen LogP) is 3.47. The van der Waals surface area contributed by atoms with Crippen molar-refractivity contribution in [2.24, 2.45) is 0 Å². The minimum absolute atomic E-state index is 0.00311. The second-order valence-electron chi connectivity index (χ2n) is 5.86. The predicted molar refractivity (Wildman–Crippen MR) is 106 cm³/mol.